The molecule has 6 heteroatoms. The molecular weight excluding hydrogens is 384 g/mol. The maximum atomic E-state index is 12.7. The molecule has 2 N–H and O–H groups in total. The zero-order valence-electron chi connectivity index (χ0n) is 16.6. The van der Waals surface area contributed by atoms with Crippen LogP contribution in [0.2, 0.25) is 0 Å². The Morgan fingerprint density at radius 3 is 2.69 bits per heavy atom. The highest BCUT2D eigenvalue weighted by Gasteiger charge is 2.38. The van der Waals surface area contributed by atoms with Crippen molar-refractivity contribution in [2.75, 3.05) is 19.0 Å². The Hall–Kier alpha value is -2.47. The third-order valence-electron chi connectivity index (χ3n) is 5.94. The van der Waals surface area contributed by atoms with Gasteiger partial charge in [-0.05, 0) is 31.0 Å². The van der Waals surface area contributed by atoms with Gasteiger partial charge in [-0.1, -0.05) is 43.2 Å². The average Bonchev–Trinajstić information content (AvgIpc) is 3.23. The lowest BCUT2D eigenvalue weighted by Crippen LogP contribution is -2.41. The van der Waals surface area contributed by atoms with Gasteiger partial charge >= 0.3 is 0 Å². The van der Waals surface area contributed by atoms with Gasteiger partial charge in [0, 0.05) is 28.8 Å². The number of para-hydroxylation sites is 2. The summed E-state index contributed by atoms with van der Waals surface area (Å²) in [6, 6.07) is 15.8. The average molecular weight is 411 g/mol. The summed E-state index contributed by atoms with van der Waals surface area (Å²) < 4.78 is 5.59. The molecule has 152 valence electrons. The van der Waals surface area contributed by atoms with Crippen LogP contribution in [0.1, 0.15) is 37.7 Å². The number of anilines is 1. The van der Waals surface area contributed by atoms with E-state index in [1.165, 1.54) is 17.3 Å². The van der Waals surface area contributed by atoms with Crippen LogP contribution in [0.5, 0.6) is 5.75 Å². The van der Waals surface area contributed by atoms with Crippen LogP contribution in [-0.2, 0) is 15.0 Å². The molecule has 5 nitrogen and oxygen atoms in total. The van der Waals surface area contributed by atoms with Gasteiger partial charge in [0.2, 0.25) is 11.8 Å². The normalized spacial score (nSPS) is 19.9. The van der Waals surface area contributed by atoms with Crippen molar-refractivity contribution in [1.29, 1.82) is 0 Å². The number of carbonyl (C=O) groups is 2. The van der Waals surface area contributed by atoms with E-state index in [9.17, 15) is 9.59 Å². The summed E-state index contributed by atoms with van der Waals surface area (Å²) in [6.45, 7) is 0.571. The summed E-state index contributed by atoms with van der Waals surface area (Å²) in [4.78, 5) is 26.1. The van der Waals surface area contributed by atoms with Crippen molar-refractivity contribution in [2.45, 2.75) is 47.7 Å². The number of amides is 2. The fourth-order valence-corrected chi connectivity index (χ4v) is 5.52. The van der Waals surface area contributed by atoms with Gasteiger partial charge in [0.15, 0.2) is 0 Å². The fourth-order valence-electron chi connectivity index (χ4n) is 4.41. The fraction of sp³-hybridized carbons (Fsp3) is 0.391. The minimum atomic E-state index is -0.407. The van der Waals surface area contributed by atoms with Crippen molar-refractivity contribution in [2.24, 2.45) is 0 Å². The number of benzene rings is 2. The van der Waals surface area contributed by atoms with Crippen molar-refractivity contribution in [1.82, 2.24) is 5.32 Å². The molecule has 1 unspecified atom stereocenters. The molecule has 0 radical (unpaired) electrons. The Bertz CT molecular complexity index is 909. The van der Waals surface area contributed by atoms with E-state index in [4.69, 9.17) is 4.74 Å². The molecule has 0 spiro atoms. The highest BCUT2D eigenvalue weighted by molar-refractivity contribution is 8.01. The van der Waals surface area contributed by atoms with Gasteiger partial charge in [-0.25, -0.2) is 0 Å². The number of hydrogen-bond acceptors (Lipinski definition) is 4. The molecule has 2 amide bonds. The van der Waals surface area contributed by atoms with Crippen LogP contribution in [0.4, 0.5) is 5.69 Å². The monoisotopic (exact) mass is 410 g/mol. The Morgan fingerprint density at radius 1 is 1.17 bits per heavy atom. The smallest absolute Gasteiger partial charge is 0.238 e. The molecule has 1 saturated carbocycles. The van der Waals surface area contributed by atoms with Gasteiger partial charge in [0.1, 0.15) is 5.75 Å². The minimum absolute atomic E-state index is 0.0850. The number of ether oxygens (including phenoxy) is 1. The van der Waals surface area contributed by atoms with E-state index in [2.05, 4.69) is 16.7 Å². The Balaban J connectivity index is 1.42. The van der Waals surface area contributed by atoms with Gasteiger partial charge in [-0.3, -0.25) is 9.59 Å². The van der Waals surface area contributed by atoms with Crippen LogP contribution in [0.3, 0.4) is 0 Å². The molecule has 0 bridgehead atoms. The van der Waals surface area contributed by atoms with Crippen molar-refractivity contribution in [3.8, 4) is 5.75 Å². The van der Waals surface area contributed by atoms with Gasteiger partial charge in [0.25, 0.3) is 0 Å². The van der Waals surface area contributed by atoms with Gasteiger partial charge in [-0.2, -0.15) is 0 Å². The molecule has 2 aliphatic rings. The second-order valence-electron chi connectivity index (χ2n) is 7.76. The number of thioether (sulfide) groups is 1. The van der Waals surface area contributed by atoms with E-state index in [0.29, 0.717) is 6.54 Å². The zero-order valence-corrected chi connectivity index (χ0v) is 17.4. The van der Waals surface area contributed by atoms with Gasteiger partial charge in [0.05, 0.1) is 18.0 Å². The topological polar surface area (TPSA) is 67.4 Å². The van der Waals surface area contributed by atoms with Gasteiger partial charge in [-0.15, -0.1) is 11.8 Å². The summed E-state index contributed by atoms with van der Waals surface area (Å²) in [7, 11) is 1.69. The molecule has 1 fully saturated rings. The van der Waals surface area contributed by atoms with E-state index in [0.717, 1.165) is 42.0 Å². The first-order valence-corrected chi connectivity index (χ1v) is 11.0. The summed E-state index contributed by atoms with van der Waals surface area (Å²) in [6.07, 6.45) is 4.52. The summed E-state index contributed by atoms with van der Waals surface area (Å²) in [5.41, 5.74) is 1.89. The minimum Gasteiger partial charge on any atom is -0.496 e. The molecule has 0 aromatic heterocycles. The molecule has 29 heavy (non-hydrogen) atoms. The summed E-state index contributed by atoms with van der Waals surface area (Å²) >= 11 is 1.46. The van der Waals surface area contributed by atoms with Gasteiger partial charge < -0.3 is 15.4 Å². The molecule has 1 atom stereocenters. The highest BCUT2D eigenvalue weighted by atomic mass is 32.2. The van der Waals surface area contributed by atoms with Crippen LogP contribution in [0.15, 0.2) is 53.4 Å². The number of hydrogen-bond donors (Lipinski definition) is 2. The third-order valence-corrected chi connectivity index (χ3v) is 7.22. The van der Waals surface area contributed by atoms with E-state index < -0.39 is 5.25 Å². The number of methoxy groups -OCH3 is 1. The zero-order chi connectivity index (χ0) is 20.3. The van der Waals surface area contributed by atoms with Crippen LogP contribution in [0, 0.1) is 0 Å². The largest absolute Gasteiger partial charge is 0.496 e. The maximum absolute atomic E-state index is 12.7. The Morgan fingerprint density at radius 2 is 1.90 bits per heavy atom. The van der Waals surface area contributed by atoms with Crippen LogP contribution in [0.25, 0.3) is 0 Å². The van der Waals surface area contributed by atoms with E-state index in [1.54, 1.807) is 7.11 Å². The molecule has 1 aliphatic heterocycles. The lowest BCUT2D eigenvalue weighted by atomic mass is 9.78. The summed E-state index contributed by atoms with van der Waals surface area (Å²) in [5, 5.41) is 5.62. The molecule has 2 aromatic carbocycles. The number of carbonyl (C=O) groups excluding carboxylic acids is 2. The second kappa shape index (κ2) is 8.49. The first kappa shape index (κ1) is 19.8. The van der Waals surface area contributed by atoms with Crippen molar-refractivity contribution < 1.29 is 14.3 Å². The lowest BCUT2D eigenvalue weighted by molar-refractivity contribution is -0.124. The quantitative estimate of drug-likeness (QED) is 0.752. The summed E-state index contributed by atoms with van der Waals surface area (Å²) in [5.74, 6) is 0.685. The predicted molar refractivity (Wildman–Crippen MR) is 115 cm³/mol. The van der Waals surface area contributed by atoms with Crippen molar-refractivity contribution in [3.63, 3.8) is 0 Å². The second-order valence-corrected chi connectivity index (χ2v) is 9.01. The molecule has 4 rings (SSSR count). The maximum Gasteiger partial charge on any atom is 0.238 e. The number of rotatable bonds is 6. The Kier molecular flexibility index (Phi) is 5.81. The third kappa shape index (κ3) is 4.13. The standard InChI is InChI=1S/C23H26N2O3S/c1-28-18-10-4-2-8-16(18)23(12-6-7-13-23)15-24-21(26)14-20-22(27)25-17-9-3-5-11-19(17)29-20/h2-5,8-11,20H,6-7,12-15H2,1H3,(H,24,26)(H,25,27). The van der Waals surface area contributed by atoms with Crippen molar-refractivity contribution in [3.05, 3.63) is 54.1 Å². The SMILES string of the molecule is COc1ccccc1C1(CNC(=O)CC2Sc3ccccc3NC2=O)CCCC1. The molecular formula is C23H26N2O3S. The molecule has 1 heterocycles. The number of nitrogens with one attached hydrogen (secondary N) is 2. The first-order chi connectivity index (χ1) is 14.1. The van der Waals surface area contributed by atoms with Crippen LogP contribution < -0.4 is 15.4 Å². The van der Waals surface area contributed by atoms with Crippen LogP contribution >= 0.6 is 11.8 Å². The molecule has 2 aromatic rings. The van der Waals surface area contributed by atoms with E-state index in [-0.39, 0.29) is 23.7 Å². The first-order valence-electron chi connectivity index (χ1n) is 10.1. The Labute approximate surface area is 175 Å². The molecule has 0 saturated heterocycles. The molecule has 1 aliphatic carbocycles. The lowest BCUT2D eigenvalue weighted by Gasteiger charge is -2.31. The number of fused-ring (bicyclic) bond motifs is 1. The predicted octanol–water partition coefficient (Wildman–Crippen LogP) is 4.13. The highest BCUT2D eigenvalue weighted by Crippen LogP contribution is 2.44. The van der Waals surface area contributed by atoms with Crippen molar-refractivity contribution >= 4 is 29.3 Å². The van der Waals surface area contributed by atoms with E-state index >= 15 is 0 Å². The van der Waals surface area contributed by atoms with E-state index in [1.807, 2.05) is 42.5 Å². The van der Waals surface area contributed by atoms with Crippen LogP contribution in [-0.4, -0.2) is 30.7 Å².